The minimum atomic E-state index is 0.116. The van der Waals surface area contributed by atoms with Gasteiger partial charge in [0.05, 0.1) is 6.04 Å². The van der Waals surface area contributed by atoms with Gasteiger partial charge >= 0.3 is 0 Å². The van der Waals surface area contributed by atoms with Crippen molar-refractivity contribution in [2.45, 2.75) is 26.3 Å². The van der Waals surface area contributed by atoms with Crippen LogP contribution in [0.2, 0.25) is 0 Å². The molecule has 0 aromatic carbocycles. The van der Waals surface area contributed by atoms with Crippen LogP contribution < -0.4 is 0 Å². The summed E-state index contributed by atoms with van der Waals surface area (Å²) < 4.78 is 0. The fraction of sp³-hybridized carbons (Fsp3) is 0.455. The van der Waals surface area contributed by atoms with E-state index in [-0.39, 0.29) is 11.9 Å². The summed E-state index contributed by atoms with van der Waals surface area (Å²) in [4.78, 5) is 17.1. The van der Waals surface area contributed by atoms with Crippen LogP contribution in [-0.4, -0.2) is 22.8 Å². The van der Waals surface area contributed by atoms with Gasteiger partial charge in [-0.2, -0.15) is 0 Å². The first kappa shape index (κ1) is 10.7. The van der Waals surface area contributed by atoms with Crippen molar-refractivity contribution in [2.75, 3.05) is 7.05 Å². The summed E-state index contributed by atoms with van der Waals surface area (Å²) in [6, 6.07) is 3.99. The molecule has 1 unspecified atom stereocenters. The fourth-order valence-electron chi connectivity index (χ4n) is 1.33. The number of carbonyl (C=O) groups excluding carboxylic acids is 1. The molecule has 0 aliphatic heterocycles. The third kappa shape index (κ3) is 2.31. The van der Waals surface area contributed by atoms with Gasteiger partial charge in [0.15, 0.2) is 0 Å². The molecule has 0 fully saturated rings. The van der Waals surface area contributed by atoms with Crippen molar-refractivity contribution in [3.8, 4) is 0 Å². The molecule has 1 heterocycles. The van der Waals surface area contributed by atoms with E-state index in [1.165, 1.54) is 0 Å². The molecule has 0 spiro atoms. The number of nitrogens with zero attached hydrogens (tertiary/aromatic N) is 2. The second kappa shape index (κ2) is 4.74. The molecule has 0 N–H and O–H groups in total. The Morgan fingerprint density at radius 2 is 2.07 bits per heavy atom. The summed E-state index contributed by atoms with van der Waals surface area (Å²) >= 11 is 0. The van der Waals surface area contributed by atoms with Gasteiger partial charge in [0.2, 0.25) is 5.91 Å². The summed E-state index contributed by atoms with van der Waals surface area (Å²) in [7, 11) is 1.83. The molecule has 1 atom stereocenters. The summed E-state index contributed by atoms with van der Waals surface area (Å²) in [5, 5.41) is 0. The Balaban J connectivity index is 2.75. The number of amides is 1. The maximum atomic E-state index is 11.4. The number of hydrogen-bond acceptors (Lipinski definition) is 2. The van der Waals surface area contributed by atoms with Crippen molar-refractivity contribution < 1.29 is 4.79 Å². The fourth-order valence-corrected chi connectivity index (χ4v) is 1.33. The van der Waals surface area contributed by atoms with Crippen LogP contribution in [0, 0.1) is 0 Å². The number of pyridine rings is 1. The van der Waals surface area contributed by atoms with Crippen molar-refractivity contribution in [1.82, 2.24) is 9.88 Å². The molecule has 0 aliphatic carbocycles. The summed E-state index contributed by atoms with van der Waals surface area (Å²) in [5.41, 5.74) is 1.12. The SMILES string of the molecule is CCC(=O)N(C)C(C)c1ccncc1. The van der Waals surface area contributed by atoms with Crippen LogP contribution in [0.15, 0.2) is 24.5 Å². The highest BCUT2D eigenvalue weighted by Gasteiger charge is 2.14. The van der Waals surface area contributed by atoms with Crippen molar-refractivity contribution in [2.24, 2.45) is 0 Å². The lowest BCUT2D eigenvalue weighted by molar-refractivity contribution is -0.131. The van der Waals surface area contributed by atoms with E-state index in [0.29, 0.717) is 6.42 Å². The molecule has 1 aromatic rings. The molecule has 3 heteroatoms. The van der Waals surface area contributed by atoms with E-state index in [2.05, 4.69) is 4.98 Å². The third-order valence-corrected chi connectivity index (χ3v) is 2.47. The van der Waals surface area contributed by atoms with E-state index in [4.69, 9.17) is 0 Å². The zero-order valence-electron chi connectivity index (χ0n) is 8.90. The van der Waals surface area contributed by atoms with E-state index in [0.717, 1.165) is 5.56 Å². The number of hydrogen-bond donors (Lipinski definition) is 0. The first-order valence-electron chi connectivity index (χ1n) is 4.82. The van der Waals surface area contributed by atoms with Crippen LogP contribution in [0.1, 0.15) is 31.9 Å². The molecule has 0 saturated heterocycles. The van der Waals surface area contributed by atoms with Gasteiger partial charge in [-0.05, 0) is 24.6 Å². The zero-order valence-corrected chi connectivity index (χ0v) is 8.90. The molecule has 14 heavy (non-hydrogen) atoms. The molecular weight excluding hydrogens is 176 g/mol. The highest BCUT2D eigenvalue weighted by atomic mass is 16.2. The maximum absolute atomic E-state index is 11.4. The Bertz CT molecular complexity index is 297. The molecule has 1 rings (SSSR count). The standard InChI is InChI=1S/C11H16N2O/c1-4-11(14)13(3)9(2)10-5-7-12-8-6-10/h5-9H,4H2,1-3H3. The molecule has 1 amide bonds. The summed E-state index contributed by atoms with van der Waals surface area (Å²) in [6.07, 6.45) is 4.04. The van der Waals surface area contributed by atoms with E-state index in [1.54, 1.807) is 17.3 Å². The van der Waals surface area contributed by atoms with E-state index in [1.807, 2.05) is 33.0 Å². The third-order valence-electron chi connectivity index (χ3n) is 2.47. The molecular formula is C11H16N2O. The summed E-state index contributed by atoms with van der Waals surface area (Å²) in [6.45, 7) is 3.89. The van der Waals surface area contributed by atoms with Crippen LogP contribution in [0.25, 0.3) is 0 Å². The van der Waals surface area contributed by atoms with Crippen molar-refractivity contribution in [1.29, 1.82) is 0 Å². The van der Waals surface area contributed by atoms with Gasteiger partial charge in [-0.25, -0.2) is 0 Å². The van der Waals surface area contributed by atoms with Gasteiger partial charge in [-0.3, -0.25) is 9.78 Å². The van der Waals surface area contributed by atoms with Crippen LogP contribution in [-0.2, 0) is 4.79 Å². The lowest BCUT2D eigenvalue weighted by atomic mass is 10.1. The molecule has 0 saturated carbocycles. The quantitative estimate of drug-likeness (QED) is 0.734. The molecule has 0 radical (unpaired) electrons. The second-order valence-corrected chi connectivity index (χ2v) is 3.31. The van der Waals surface area contributed by atoms with Crippen LogP contribution >= 0.6 is 0 Å². The van der Waals surface area contributed by atoms with Crippen LogP contribution in [0.3, 0.4) is 0 Å². The first-order chi connectivity index (χ1) is 6.66. The number of rotatable bonds is 3. The summed E-state index contributed by atoms with van der Waals surface area (Å²) in [5.74, 6) is 0.161. The average molecular weight is 192 g/mol. The van der Waals surface area contributed by atoms with Crippen molar-refractivity contribution >= 4 is 5.91 Å². The monoisotopic (exact) mass is 192 g/mol. The topological polar surface area (TPSA) is 33.2 Å². The Morgan fingerprint density at radius 1 is 1.50 bits per heavy atom. The maximum Gasteiger partial charge on any atom is 0.222 e. The molecule has 0 bridgehead atoms. The molecule has 76 valence electrons. The molecule has 1 aromatic heterocycles. The van der Waals surface area contributed by atoms with Gasteiger partial charge in [-0.15, -0.1) is 0 Å². The molecule has 3 nitrogen and oxygen atoms in total. The smallest absolute Gasteiger partial charge is 0.222 e. The van der Waals surface area contributed by atoms with Crippen LogP contribution in [0.4, 0.5) is 0 Å². The van der Waals surface area contributed by atoms with E-state index in [9.17, 15) is 4.79 Å². The highest BCUT2D eigenvalue weighted by molar-refractivity contribution is 5.75. The number of aromatic nitrogens is 1. The Morgan fingerprint density at radius 3 is 2.57 bits per heavy atom. The van der Waals surface area contributed by atoms with Gasteiger partial charge in [0, 0.05) is 25.9 Å². The zero-order chi connectivity index (χ0) is 10.6. The Hall–Kier alpha value is -1.38. The van der Waals surface area contributed by atoms with Crippen molar-refractivity contribution in [3.63, 3.8) is 0 Å². The minimum Gasteiger partial charge on any atom is -0.339 e. The van der Waals surface area contributed by atoms with Gasteiger partial charge in [-0.1, -0.05) is 6.92 Å². The Kier molecular flexibility index (Phi) is 3.63. The first-order valence-corrected chi connectivity index (χ1v) is 4.82. The van der Waals surface area contributed by atoms with E-state index < -0.39 is 0 Å². The van der Waals surface area contributed by atoms with Crippen molar-refractivity contribution in [3.05, 3.63) is 30.1 Å². The Labute approximate surface area is 84.8 Å². The van der Waals surface area contributed by atoms with Gasteiger partial charge in [0.1, 0.15) is 0 Å². The van der Waals surface area contributed by atoms with E-state index >= 15 is 0 Å². The molecule has 0 aliphatic rings. The average Bonchev–Trinajstić information content (AvgIpc) is 2.27. The lowest BCUT2D eigenvalue weighted by Crippen LogP contribution is -2.28. The normalized spacial score (nSPS) is 12.2. The predicted octanol–water partition coefficient (Wildman–Crippen LogP) is 2.01. The largest absolute Gasteiger partial charge is 0.339 e. The highest BCUT2D eigenvalue weighted by Crippen LogP contribution is 2.17. The second-order valence-electron chi connectivity index (χ2n) is 3.31. The van der Waals surface area contributed by atoms with Crippen LogP contribution in [0.5, 0.6) is 0 Å². The van der Waals surface area contributed by atoms with Gasteiger partial charge in [0.25, 0.3) is 0 Å². The number of carbonyl (C=O) groups is 1. The van der Waals surface area contributed by atoms with Gasteiger partial charge < -0.3 is 4.90 Å². The lowest BCUT2D eigenvalue weighted by Gasteiger charge is -2.24. The minimum absolute atomic E-state index is 0.116. The predicted molar refractivity (Wildman–Crippen MR) is 55.7 cm³/mol.